The first-order valence-corrected chi connectivity index (χ1v) is 12.5. The fraction of sp³-hybridized carbons (Fsp3) is 0.840. The summed E-state index contributed by atoms with van der Waals surface area (Å²) in [6.45, 7) is 7.04. The van der Waals surface area contributed by atoms with Gasteiger partial charge in [0, 0.05) is 29.1 Å². The standard InChI is InChI=1S/C25H35ClF2O4/c1-5-21(31)32-25(20(30)13-26)14(2)10-16-17-11-18(27)15-8-6-7-9-22(15,3)24(17,28)19(29)12-23(16,25)4/h8,14,16-19,29H,5-7,9-13H2,1-4H3/t14-,16-,17-,18-,19-,22-,23-,24-,25+/m0/s1. The third-order valence-corrected chi connectivity index (χ3v) is 9.96. The Balaban J connectivity index is 1.87. The molecule has 0 aromatic heterocycles. The summed E-state index contributed by atoms with van der Waals surface area (Å²) in [6.07, 6.45) is 1.54. The van der Waals surface area contributed by atoms with E-state index in [1.54, 1.807) is 20.8 Å². The zero-order chi connectivity index (χ0) is 23.7. The first-order valence-electron chi connectivity index (χ1n) is 12.0. The molecule has 0 aliphatic heterocycles. The number of Topliss-reactive ketones (excluding diaryl/α,β-unsaturated/α-hetero) is 1. The van der Waals surface area contributed by atoms with E-state index >= 15 is 8.78 Å². The van der Waals surface area contributed by atoms with Crippen molar-refractivity contribution < 1.29 is 28.2 Å². The van der Waals surface area contributed by atoms with Crippen LogP contribution in [0.3, 0.4) is 0 Å². The first-order chi connectivity index (χ1) is 14.9. The topological polar surface area (TPSA) is 63.6 Å². The predicted molar refractivity (Wildman–Crippen MR) is 118 cm³/mol. The molecule has 0 spiro atoms. The van der Waals surface area contributed by atoms with Gasteiger partial charge in [0.05, 0.1) is 12.0 Å². The molecule has 0 unspecified atom stereocenters. The van der Waals surface area contributed by atoms with Gasteiger partial charge in [-0.1, -0.05) is 33.8 Å². The van der Waals surface area contributed by atoms with Crippen molar-refractivity contribution in [3.63, 3.8) is 0 Å². The van der Waals surface area contributed by atoms with Gasteiger partial charge in [-0.25, -0.2) is 8.78 Å². The van der Waals surface area contributed by atoms with Gasteiger partial charge in [-0.15, -0.1) is 11.6 Å². The van der Waals surface area contributed by atoms with Crippen molar-refractivity contribution in [2.75, 3.05) is 5.88 Å². The Labute approximate surface area is 194 Å². The van der Waals surface area contributed by atoms with Gasteiger partial charge in [-0.05, 0) is 50.0 Å². The van der Waals surface area contributed by atoms with Crippen LogP contribution in [0, 0.1) is 28.6 Å². The lowest BCUT2D eigenvalue weighted by atomic mass is 9.43. The number of halogens is 3. The van der Waals surface area contributed by atoms with Crippen LogP contribution in [-0.2, 0) is 14.3 Å². The number of aliphatic hydroxyl groups excluding tert-OH is 1. The molecule has 0 amide bonds. The minimum Gasteiger partial charge on any atom is -0.450 e. The Hall–Kier alpha value is -1.01. The Morgan fingerprint density at radius 3 is 2.59 bits per heavy atom. The molecule has 4 rings (SSSR count). The van der Waals surface area contributed by atoms with E-state index in [1.165, 1.54) is 0 Å². The zero-order valence-corrected chi connectivity index (χ0v) is 20.2. The van der Waals surface area contributed by atoms with Crippen LogP contribution in [-0.4, -0.2) is 46.3 Å². The highest BCUT2D eigenvalue weighted by Crippen LogP contribution is 2.72. The lowest BCUT2D eigenvalue weighted by Crippen LogP contribution is -2.71. The molecule has 4 nitrogen and oxygen atoms in total. The Morgan fingerprint density at radius 2 is 1.97 bits per heavy atom. The average Bonchev–Trinajstić information content (AvgIpc) is 2.97. The van der Waals surface area contributed by atoms with Crippen LogP contribution in [0.5, 0.6) is 0 Å². The second-order valence-electron chi connectivity index (χ2n) is 11.0. The van der Waals surface area contributed by atoms with Gasteiger partial charge in [-0.2, -0.15) is 0 Å². The Bertz CT molecular complexity index is 848. The van der Waals surface area contributed by atoms with Crippen molar-refractivity contribution >= 4 is 23.4 Å². The van der Waals surface area contributed by atoms with Crippen LogP contribution in [0.2, 0.25) is 0 Å². The van der Waals surface area contributed by atoms with Crippen molar-refractivity contribution in [1.82, 2.24) is 0 Å². The van der Waals surface area contributed by atoms with Gasteiger partial charge in [0.15, 0.2) is 11.4 Å². The van der Waals surface area contributed by atoms with Crippen molar-refractivity contribution in [1.29, 1.82) is 0 Å². The van der Waals surface area contributed by atoms with E-state index < -0.39 is 63.9 Å². The van der Waals surface area contributed by atoms with Gasteiger partial charge in [0.25, 0.3) is 0 Å². The number of hydrogen-bond donors (Lipinski definition) is 1. The number of hydrogen-bond acceptors (Lipinski definition) is 4. The van der Waals surface area contributed by atoms with Crippen LogP contribution in [0.1, 0.15) is 72.6 Å². The molecule has 180 valence electrons. The van der Waals surface area contributed by atoms with E-state index in [-0.39, 0.29) is 25.1 Å². The first kappa shape index (κ1) is 24.1. The summed E-state index contributed by atoms with van der Waals surface area (Å²) in [7, 11) is 0. The van der Waals surface area contributed by atoms with Gasteiger partial charge in [0.1, 0.15) is 11.8 Å². The number of esters is 1. The molecule has 0 aromatic carbocycles. The zero-order valence-electron chi connectivity index (χ0n) is 19.4. The SMILES string of the molecule is CCC(=O)O[C@@]1(C(=O)CCl)[C@@H](C)C[C@H]2[C@@H]3C[C@H](F)C4=CCCC[C@]4(C)[C@@]3(F)[C@@H](O)C[C@@]21C. The number of ether oxygens (including phenoxy) is 1. The summed E-state index contributed by atoms with van der Waals surface area (Å²) in [4.78, 5) is 25.7. The molecule has 0 aromatic rings. The monoisotopic (exact) mass is 472 g/mol. The van der Waals surface area contributed by atoms with E-state index in [0.29, 0.717) is 18.4 Å². The molecular weight excluding hydrogens is 438 g/mol. The van der Waals surface area contributed by atoms with Crippen molar-refractivity contribution in [2.45, 2.75) is 96.2 Å². The third-order valence-electron chi connectivity index (χ3n) is 9.72. The number of allylic oxidation sites excluding steroid dienone is 2. The Kier molecular flexibility index (Phi) is 5.85. The van der Waals surface area contributed by atoms with E-state index in [0.717, 1.165) is 12.8 Å². The molecule has 7 heteroatoms. The quantitative estimate of drug-likeness (QED) is 0.351. The Morgan fingerprint density at radius 1 is 1.28 bits per heavy atom. The molecular formula is C25H35ClF2O4. The minimum absolute atomic E-state index is 0.0329. The number of rotatable bonds is 4. The molecule has 3 fully saturated rings. The smallest absolute Gasteiger partial charge is 0.306 e. The molecule has 32 heavy (non-hydrogen) atoms. The minimum atomic E-state index is -2.00. The number of aliphatic hydroxyl groups is 1. The molecule has 0 heterocycles. The van der Waals surface area contributed by atoms with Crippen LogP contribution >= 0.6 is 11.6 Å². The maximum absolute atomic E-state index is 17.2. The second-order valence-corrected chi connectivity index (χ2v) is 11.2. The van der Waals surface area contributed by atoms with E-state index in [2.05, 4.69) is 0 Å². The van der Waals surface area contributed by atoms with Crippen LogP contribution in [0.4, 0.5) is 8.78 Å². The fourth-order valence-electron chi connectivity index (χ4n) is 8.30. The molecule has 0 radical (unpaired) electrons. The molecule has 0 bridgehead atoms. The number of carbonyl (C=O) groups excluding carboxylic acids is 2. The summed E-state index contributed by atoms with van der Waals surface area (Å²) in [5.74, 6) is -2.90. The molecule has 1 N–H and O–H groups in total. The number of alkyl halides is 3. The van der Waals surface area contributed by atoms with E-state index in [4.69, 9.17) is 16.3 Å². The largest absolute Gasteiger partial charge is 0.450 e. The summed E-state index contributed by atoms with van der Waals surface area (Å²) in [5, 5.41) is 11.4. The summed E-state index contributed by atoms with van der Waals surface area (Å²) in [5.41, 5.74) is -5.18. The van der Waals surface area contributed by atoms with Crippen LogP contribution in [0.15, 0.2) is 11.6 Å². The maximum Gasteiger partial charge on any atom is 0.306 e. The third kappa shape index (κ3) is 2.74. The van der Waals surface area contributed by atoms with Gasteiger partial charge >= 0.3 is 5.97 Å². The maximum atomic E-state index is 17.2. The lowest BCUT2D eigenvalue weighted by Gasteiger charge is -2.64. The highest BCUT2D eigenvalue weighted by molar-refractivity contribution is 6.29. The van der Waals surface area contributed by atoms with Crippen LogP contribution in [0.25, 0.3) is 0 Å². The number of carbonyl (C=O) groups is 2. The van der Waals surface area contributed by atoms with Gasteiger partial charge in [0.2, 0.25) is 0 Å². The van der Waals surface area contributed by atoms with E-state index in [1.807, 2.05) is 13.0 Å². The normalized spacial score (nSPS) is 50.0. The summed E-state index contributed by atoms with van der Waals surface area (Å²) < 4.78 is 38.6. The number of fused-ring (bicyclic) bond motifs is 5. The highest BCUT2D eigenvalue weighted by Gasteiger charge is 2.77. The van der Waals surface area contributed by atoms with Crippen LogP contribution < -0.4 is 0 Å². The average molecular weight is 473 g/mol. The fourth-order valence-corrected chi connectivity index (χ4v) is 8.50. The van der Waals surface area contributed by atoms with Gasteiger partial charge in [-0.3, -0.25) is 9.59 Å². The molecule has 9 atom stereocenters. The summed E-state index contributed by atoms with van der Waals surface area (Å²) >= 11 is 6.00. The molecule has 3 saturated carbocycles. The molecule has 4 aliphatic carbocycles. The molecule has 4 aliphatic rings. The second kappa shape index (κ2) is 7.76. The van der Waals surface area contributed by atoms with Gasteiger partial charge < -0.3 is 9.84 Å². The highest BCUT2D eigenvalue weighted by atomic mass is 35.5. The molecule has 0 saturated heterocycles. The number of ketones is 1. The lowest BCUT2D eigenvalue weighted by molar-refractivity contribution is -0.238. The van der Waals surface area contributed by atoms with E-state index in [9.17, 15) is 14.7 Å². The summed E-state index contributed by atoms with van der Waals surface area (Å²) in [6, 6.07) is 0. The van der Waals surface area contributed by atoms with Crippen molar-refractivity contribution in [3.8, 4) is 0 Å². The van der Waals surface area contributed by atoms with Crippen molar-refractivity contribution in [2.24, 2.45) is 28.6 Å². The van der Waals surface area contributed by atoms with Crippen molar-refractivity contribution in [3.05, 3.63) is 11.6 Å². The predicted octanol–water partition coefficient (Wildman–Crippen LogP) is 5.10.